The van der Waals surface area contributed by atoms with E-state index < -0.39 is 5.97 Å². The first kappa shape index (κ1) is 14.6. The Kier molecular flexibility index (Phi) is 4.42. The molecule has 4 nitrogen and oxygen atoms in total. The highest BCUT2D eigenvalue weighted by molar-refractivity contribution is 5.94. The van der Waals surface area contributed by atoms with Gasteiger partial charge in [-0.3, -0.25) is 9.59 Å². The first-order chi connectivity index (χ1) is 9.45. The van der Waals surface area contributed by atoms with E-state index in [1.807, 2.05) is 32.0 Å². The Morgan fingerprint density at radius 2 is 1.60 bits per heavy atom. The van der Waals surface area contributed by atoms with Gasteiger partial charge in [0.25, 0.3) is 5.91 Å². The smallest absolute Gasteiger partial charge is 0.306 e. The van der Waals surface area contributed by atoms with E-state index in [4.69, 9.17) is 5.11 Å². The van der Waals surface area contributed by atoms with E-state index in [1.54, 1.807) is 0 Å². The van der Waals surface area contributed by atoms with Gasteiger partial charge in [0.05, 0.1) is 5.92 Å². The third-order valence-electron chi connectivity index (χ3n) is 3.90. The van der Waals surface area contributed by atoms with E-state index in [0.29, 0.717) is 18.4 Å². The van der Waals surface area contributed by atoms with Crippen LogP contribution in [-0.4, -0.2) is 23.0 Å². The van der Waals surface area contributed by atoms with Gasteiger partial charge in [-0.05, 0) is 51.7 Å². The summed E-state index contributed by atoms with van der Waals surface area (Å²) in [5.41, 5.74) is 2.83. The van der Waals surface area contributed by atoms with Crippen LogP contribution in [0.1, 0.15) is 47.2 Å². The minimum atomic E-state index is -0.718. The molecule has 0 spiro atoms. The lowest BCUT2D eigenvalue weighted by molar-refractivity contribution is -0.142. The molecule has 0 unspecified atom stereocenters. The van der Waals surface area contributed by atoms with E-state index in [0.717, 1.165) is 24.0 Å². The standard InChI is InChI=1S/C16H21NO3/c1-10-7-11(2)9-13(8-10)15(18)17-14-5-3-12(4-6-14)16(19)20/h7-9,12,14H,3-6H2,1-2H3,(H,17,18)(H,19,20). The summed E-state index contributed by atoms with van der Waals surface area (Å²) in [5.74, 6) is -1.02. The zero-order chi connectivity index (χ0) is 14.7. The molecule has 0 radical (unpaired) electrons. The summed E-state index contributed by atoms with van der Waals surface area (Å²) < 4.78 is 0. The first-order valence-corrected chi connectivity index (χ1v) is 7.07. The SMILES string of the molecule is Cc1cc(C)cc(C(=O)NC2CCC(C(=O)O)CC2)c1. The van der Waals surface area contributed by atoms with Crippen molar-refractivity contribution in [1.29, 1.82) is 0 Å². The lowest BCUT2D eigenvalue weighted by atomic mass is 9.86. The lowest BCUT2D eigenvalue weighted by Crippen LogP contribution is -2.38. The van der Waals surface area contributed by atoms with E-state index in [9.17, 15) is 9.59 Å². The second-order valence-corrected chi connectivity index (χ2v) is 5.74. The molecule has 0 atom stereocenters. The van der Waals surface area contributed by atoms with Crippen molar-refractivity contribution in [3.63, 3.8) is 0 Å². The van der Waals surface area contributed by atoms with Crippen LogP contribution in [0.3, 0.4) is 0 Å². The number of aryl methyl sites for hydroxylation is 2. The van der Waals surface area contributed by atoms with E-state index in [1.165, 1.54) is 0 Å². The molecule has 1 aliphatic carbocycles. The fourth-order valence-electron chi connectivity index (χ4n) is 2.86. The molecule has 0 aromatic heterocycles. The minimum Gasteiger partial charge on any atom is -0.481 e. The van der Waals surface area contributed by atoms with Crippen LogP contribution < -0.4 is 5.32 Å². The molecule has 0 bridgehead atoms. The molecular formula is C16H21NO3. The van der Waals surface area contributed by atoms with Crippen LogP contribution in [0.25, 0.3) is 0 Å². The van der Waals surface area contributed by atoms with Crippen molar-refractivity contribution >= 4 is 11.9 Å². The van der Waals surface area contributed by atoms with E-state index in [2.05, 4.69) is 5.32 Å². The summed E-state index contributed by atoms with van der Waals surface area (Å²) >= 11 is 0. The number of carbonyl (C=O) groups excluding carboxylic acids is 1. The summed E-state index contributed by atoms with van der Waals surface area (Å²) in [5, 5.41) is 12.0. The van der Waals surface area contributed by atoms with Gasteiger partial charge in [0.1, 0.15) is 0 Å². The third kappa shape index (κ3) is 3.59. The predicted molar refractivity (Wildman–Crippen MR) is 76.8 cm³/mol. The van der Waals surface area contributed by atoms with E-state index >= 15 is 0 Å². The molecule has 1 aromatic carbocycles. The van der Waals surface area contributed by atoms with Crippen LogP contribution in [-0.2, 0) is 4.79 Å². The summed E-state index contributed by atoms with van der Waals surface area (Å²) in [6, 6.07) is 5.89. The average molecular weight is 275 g/mol. The quantitative estimate of drug-likeness (QED) is 0.891. The van der Waals surface area contributed by atoms with Crippen molar-refractivity contribution in [1.82, 2.24) is 5.32 Å². The Labute approximate surface area is 119 Å². The number of carboxylic acids is 1. The van der Waals surface area contributed by atoms with Crippen molar-refractivity contribution in [2.24, 2.45) is 5.92 Å². The van der Waals surface area contributed by atoms with Gasteiger partial charge in [-0.2, -0.15) is 0 Å². The second kappa shape index (κ2) is 6.07. The molecule has 0 aliphatic heterocycles. The Balaban J connectivity index is 1.94. The van der Waals surface area contributed by atoms with Crippen molar-refractivity contribution in [2.75, 3.05) is 0 Å². The molecule has 1 saturated carbocycles. The summed E-state index contributed by atoms with van der Waals surface area (Å²) in [4.78, 5) is 23.1. The Bertz CT molecular complexity index is 496. The normalized spacial score (nSPS) is 22.3. The Morgan fingerprint density at radius 3 is 2.10 bits per heavy atom. The van der Waals surface area contributed by atoms with Gasteiger partial charge in [0.15, 0.2) is 0 Å². The zero-order valence-corrected chi connectivity index (χ0v) is 12.0. The van der Waals surface area contributed by atoms with Crippen molar-refractivity contribution in [2.45, 2.75) is 45.6 Å². The number of hydrogen-bond acceptors (Lipinski definition) is 2. The van der Waals surface area contributed by atoms with E-state index in [-0.39, 0.29) is 17.9 Å². The molecule has 1 aromatic rings. The summed E-state index contributed by atoms with van der Waals surface area (Å²) in [6.07, 6.45) is 2.78. The number of benzene rings is 1. The number of rotatable bonds is 3. The van der Waals surface area contributed by atoms with Gasteiger partial charge in [0.2, 0.25) is 0 Å². The highest BCUT2D eigenvalue weighted by Crippen LogP contribution is 2.24. The van der Waals surface area contributed by atoms with Crippen LogP contribution in [0.5, 0.6) is 0 Å². The van der Waals surface area contributed by atoms with Crippen LogP contribution in [0, 0.1) is 19.8 Å². The van der Waals surface area contributed by atoms with Crippen LogP contribution in [0.2, 0.25) is 0 Å². The molecule has 0 heterocycles. The Hall–Kier alpha value is -1.84. The van der Waals surface area contributed by atoms with Crippen molar-refractivity contribution in [3.8, 4) is 0 Å². The number of amides is 1. The molecule has 108 valence electrons. The maximum atomic E-state index is 12.2. The lowest BCUT2D eigenvalue weighted by Gasteiger charge is -2.26. The van der Waals surface area contributed by atoms with Gasteiger partial charge in [0, 0.05) is 11.6 Å². The molecule has 2 rings (SSSR count). The molecule has 1 aliphatic rings. The molecule has 20 heavy (non-hydrogen) atoms. The predicted octanol–water partition coefficient (Wildman–Crippen LogP) is 2.68. The molecule has 4 heteroatoms. The second-order valence-electron chi connectivity index (χ2n) is 5.74. The van der Waals surface area contributed by atoms with Crippen LogP contribution >= 0.6 is 0 Å². The molecule has 2 N–H and O–H groups in total. The first-order valence-electron chi connectivity index (χ1n) is 7.07. The van der Waals surface area contributed by atoms with Crippen LogP contribution in [0.4, 0.5) is 0 Å². The highest BCUT2D eigenvalue weighted by atomic mass is 16.4. The fraction of sp³-hybridized carbons (Fsp3) is 0.500. The zero-order valence-electron chi connectivity index (χ0n) is 12.0. The maximum Gasteiger partial charge on any atom is 0.306 e. The number of carboxylic acid groups (broad SMARTS) is 1. The highest BCUT2D eigenvalue weighted by Gasteiger charge is 2.26. The van der Waals surface area contributed by atoms with Gasteiger partial charge in [-0.25, -0.2) is 0 Å². The largest absolute Gasteiger partial charge is 0.481 e. The average Bonchev–Trinajstić information content (AvgIpc) is 2.38. The number of carbonyl (C=O) groups is 2. The molecular weight excluding hydrogens is 254 g/mol. The summed E-state index contributed by atoms with van der Waals surface area (Å²) in [6.45, 7) is 3.95. The topological polar surface area (TPSA) is 66.4 Å². The Morgan fingerprint density at radius 1 is 1.05 bits per heavy atom. The van der Waals surface area contributed by atoms with Gasteiger partial charge in [-0.1, -0.05) is 17.2 Å². The van der Waals surface area contributed by atoms with Gasteiger partial charge < -0.3 is 10.4 Å². The molecule has 0 saturated heterocycles. The van der Waals surface area contributed by atoms with Crippen molar-refractivity contribution in [3.05, 3.63) is 34.9 Å². The minimum absolute atomic E-state index is 0.0597. The van der Waals surface area contributed by atoms with Crippen LogP contribution in [0.15, 0.2) is 18.2 Å². The monoisotopic (exact) mass is 275 g/mol. The van der Waals surface area contributed by atoms with Gasteiger partial charge >= 0.3 is 5.97 Å². The number of aliphatic carboxylic acids is 1. The van der Waals surface area contributed by atoms with Crippen molar-refractivity contribution < 1.29 is 14.7 Å². The molecule has 1 amide bonds. The van der Waals surface area contributed by atoms with Gasteiger partial charge in [-0.15, -0.1) is 0 Å². The fourth-order valence-corrected chi connectivity index (χ4v) is 2.86. The number of nitrogens with one attached hydrogen (secondary N) is 1. The third-order valence-corrected chi connectivity index (χ3v) is 3.90. The number of hydrogen-bond donors (Lipinski definition) is 2. The molecule has 1 fully saturated rings. The maximum absolute atomic E-state index is 12.2. The summed E-state index contributed by atoms with van der Waals surface area (Å²) in [7, 11) is 0.